The Bertz CT molecular complexity index is 1110. The Hall–Kier alpha value is -2.60. The van der Waals surface area contributed by atoms with Gasteiger partial charge in [0.1, 0.15) is 0 Å². The third kappa shape index (κ3) is 2.36. The molecule has 0 spiro atoms. The van der Waals surface area contributed by atoms with E-state index >= 15 is 0 Å². The number of fused-ring (bicyclic) bond motifs is 6. The molecule has 0 radical (unpaired) electrons. The van der Waals surface area contributed by atoms with E-state index in [9.17, 15) is 0 Å². The third-order valence-electron chi connectivity index (χ3n) is 6.39. The molecule has 0 aromatic heterocycles. The van der Waals surface area contributed by atoms with Gasteiger partial charge in [-0.1, -0.05) is 86.2 Å². The summed E-state index contributed by atoms with van der Waals surface area (Å²) in [6.07, 6.45) is 3.35. The molecule has 26 heavy (non-hydrogen) atoms. The van der Waals surface area contributed by atoms with Crippen molar-refractivity contribution in [2.45, 2.75) is 39.5 Å². The molecule has 0 aliphatic carbocycles. The maximum atomic E-state index is 2.43. The van der Waals surface area contributed by atoms with Crippen LogP contribution in [0.25, 0.3) is 32.3 Å². The number of rotatable bonds is 3. The molecule has 0 saturated carbocycles. The van der Waals surface area contributed by atoms with Crippen molar-refractivity contribution in [3.63, 3.8) is 0 Å². The second-order valence-corrected chi connectivity index (χ2v) is 7.51. The molecule has 0 bridgehead atoms. The quantitative estimate of drug-likeness (QED) is 0.264. The average Bonchev–Trinajstić information content (AvgIpc) is 2.72. The van der Waals surface area contributed by atoms with E-state index < -0.39 is 0 Å². The minimum atomic E-state index is 0.0791. The Kier molecular flexibility index (Phi) is 4.07. The molecule has 4 rings (SSSR count). The lowest BCUT2D eigenvalue weighted by Crippen LogP contribution is -2.22. The fourth-order valence-corrected chi connectivity index (χ4v) is 4.28. The first-order chi connectivity index (χ1) is 12.6. The van der Waals surface area contributed by atoms with Gasteiger partial charge in [0.05, 0.1) is 0 Å². The zero-order valence-electron chi connectivity index (χ0n) is 16.1. The van der Waals surface area contributed by atoms with Gasteiger partial charge in [0.15, 0.2) is 0 Å². The van der Waals surface area contributed by atoms with Crippen LogP contribution in [0.1, 0.15) is 39.7 Å². The third-order valence-corrected chi connectivity index (χ3v) is 6.39. The minimum absolute atomic E-state index is 0.0791. The second-order valence-electron chi connectivity index (χ2n) is 7.51. The van der Waals surface area contributed by atoms with Gasteiger partial charge in [-0.05, 0) is 64.2 Å². The summed E-state index contributed by atoms with van der Waals surface area (Å²) in [6, 6.07) is 24.7. The summed E-state index contributed by atoms with van der Waals surface area (Å²) in [5.74, 6) is 0. The van der Waals surface area contributed by atoms with Crippen molar-refractivity contribution in [3.8, 4) is 0 Å². The fourth-order valence-electron chi connectivity index (χ4n) is 4.28. The fraction of sp³-hybridized carbons (Fsp3) is 0.231. The highest BCUT2D eigenvalue weighted by Gasteiger charge is 2.26. The summed E-state index contributed by atoms with van der Waals surface area (Å²) in [7, 11) is 0. The molecular weight excluding hydrogens is 312 g/mol. The van der Waals surface area contributed by atoms with E-state index in [0.29, 0.717) is 0 Å². The lowest BCUT2D eigenvalue weighted by Gasteiger charge is -2.31. The Morgan fingerprint density at radius 2 is 1.23 bits per heavy atom. The first-order valence-corrected chi connectivity index (χ1v) is 9.57. The number of allylic oxidation sites excluding steroid dienone is 2. The van der Waals surface area contributed by atoms with Crippen LogP contribution in [0.15, 0.2) is 78.4 Å². The molecule has 0 N–H and O–H groups in total. The van der Waals surface area contributed by atoms with Crippen LogP contribution in [-0.2, 0) is 5.41 Å². The summed E-state index contributed by atoms with van der Waals surface area (Å²) in [5, 5.41) is 8.08. The molecular formula is C26H26. The highest BCUT2D eigenvalue weighted by atomic mass is 14.3. The predicted molar refractivity (Wildman–Crippen MR) is 116 cm³/mol. The van der Waals surface area contributed by atoms with Crippen LogP contribution < -0.4 is 0 Å². The van der Waals surface area contributed by atoms with E-state index in [1.54, 1.807) is 0 Å². The lowest BCUT2D eigenvalue weighted by atomic mass is 9.73. The van der Waals surface area contributed by atoms with Gasteiger partial charge in [-0.3, -0.25) is 0 Å². The monoisotopic (exact) mass is 338 g/mol. The van der Waals surface area contributed by atoms with Crippen LogP contribution >= 0.6 is 0 Å². The summed E-state index contributed by atoms with van der Waals surface area (Å²) >= 11 is 0. The van der Waals surface area contributed by atoms with Gasteiger partial charge < -0.3 is 0 Å². The Morgan fingerprint density at radius 1 is 0.769 bits per heavy atom. The van der Waals surface area contributed by atoms with Gasteiger partial charge in [0.2, 0.25) is 0 Å². The van der Waals surface area contributed by atoms with Gasteiger partial charge >= 0.3 is 0 Å². The van der Waals surface area contributed by atoms with Crippen LogP contribution in [0.4, 0.5) is 0 Å². The van der Waals surface area contributed by atoms with E-state index in [1.807, 2.05) is 0 Å². The molecule has 0 aliphatic heterocycles. The normalized spacial score (nSPS) is 14.8. The standard InChI is InChI=1S/C26H26/c1-5-18(3)26(4,6-2)19-15-16-24-22-13-8-7-11-20(22)21-12-9-10-14-23(21)25(24)17-19/h5,7-17H,6H2,1-4H3/b18-5+. The van der Waals surface area contributed by atoms with Gasteiger partial charge in [0.25, 0.3) is 0 Å². The van der Waals surface area contributed by atoms with Crippen LogP contribution in [0.2, 0.25) is 0 Å². The zero-order valence-corrected chi connectivity index (χ0v) is 16.1. The first-order valence-electron chi connectivity index (χ1n) is 9.57. The van der Waals surface area contributed by atoms with Crippen LogP contribution in [0.3, 0.4) is 0 Å². The predicted octanol–water partition coefficient (Wildman–Crippen LogP) is 7.78. The van der Waals surface area contributed by atoms with Crippen LogP contribution in [0.5, 0.6) is 0 Å². The van der Waals surface area contributed by atoms with Crippen molar-refractivity contribution in [1.82, 2.24) is 0 Å². The topological polar surface area (TPSA) is 0 Å². The van der Waals surface area contributed by atoms with E-state index in [-0.39, 0.29) is 5.41 Å². The number of hydrogen-bond acceptors (Lipinski definition) is 0. The molecule has 0 heteroatoms. The van der Waals surface area contributed by atoms with E-state index in [4.69, 9.17) is 0 Å². The van der Waals surface area contributed by atoms with Crippen LogP contribution in [0, 0.1) is 0 Å². The molecule has 0 saturated heterocycles. The SMILES string of the molecule is C/C=C(\C)C(C)(CC)c1ccc2c3ccccc3c3ccccc3c2c1. The zero-order chi connectivity index (χ0) is 18.3. The van der Waals surface area contributed by atoms with Gasteiger partial charge in [-0.25, -0.2) is 0 Å². The Balaban J connectivity index is 2.15. The minimum Gasteiger partial charge on any atom is -0.0878 e. The molecule has 0 aliphatic rings. The van der Waals surface area contributed by atoms with Gasteiger partial charge in [-0.15, -0.1) is 0 Å². The smallest absolute Gasteiger partial charge is 0.0128 e. The first kappa shape index (κ1) is 16.8. The van der Waals surface area contributed by atoms with Gasteiger partial charge in [0, 0.05) is 5.41 Å². The number of benzene rings is 4. The molecule has 130 valence electrons. The second kappa shape index (κ2) is 6.29. The molecule has 4 aromatic carbocycles. The Morgan fingerprint density at radius 3 is 1.69 bits per heavy atom. The Labute approximate surface area is 156 Å². The molecule has 1 unspecified atom stereocenters. The molecule has 0 heterocycles. The van der Waals surface area contributed by atoms with Crippen molar-refractivity contribution in [3.05, 3.63) is 83.9 Å². The van der Waals surface area contributed by atoms with Crippen LogP contribution in [-0.4, -0.2) is 0 Å². The largest absolute Gasteiger partial charge is 0.0878 e. The van der Waals surface area contributed by atoms with E-state index in [0.717, 1.165) is 6.42 Å². The molecule has 0 fully saturated rings. The number of hydrogen-bond donors (Lipinski definition) is 0. The molecule has 0 amide bonds. The highest BCUT2D eigenvalue weighted by molar-refractivity contribution is 6.25. The maximum absolute atomic E-state index is 2.43. The maximum Gasteiger partial charge on any atom is 0.0128 e. The lowest BCUT2D eigenvalue weighted by molar-refractivity contribution is 0.536. The summed E-state index contributed by atoms with van der Waals surface area (Å²) in [4.78, 5) is 0. The van der Waals surface area contributed by atoms with E-state index in [1.165, 1.54) is 43.5 Å². The van der Waals surface area contributed by atoms with Crippen molar-refractivity contribution in [2.75, 3.05) is 0 Å². The summed E-state index contributed by atoms with van der Waals surface area (Å²) < 4.78 is 0. The molecule has 4 aromatic rings. The summed E-state index contributed by atoms with van der Waals surface area (Å²) in [5.41, 5.74) is 2.92. The highest BCUT2D eigenvalue weighted by Crippen LogP contribution is 2.40. The summed E-state index contributed by atoms with van der Waals surface area (Å²) in [6.45, 7) is 9.06. The van der Waals surface area contributed by atoms with Crippen molar-refractivity contribution in [2.24, 2.45) is 0 Å². The van der Waals surface area contributed by atoms with Gasteiger partial charge in [-0.2, -0.15) is 0 Å². The van der Waals surface area contributed by atoms with Crippen molar-refractivity contribution in [1.29, 1.82) is 0 Å². The van der Waals surface area contributed by atoms with E-state index in [2.05, 4.69) is 101 Å². The molecule has 0 nitrogen and oxygen atoms in total. The van der Waals surface area contributed by atoms with Crippen molar-refractivity contribution >= 4 is 32.3 Å². The van der Waals surface area contributed by atoms with Crippen molar-refractivity contribution < 1.29 is 0 Å². The molecule has 1 atom stereocenters. The average molecular weight is 338 g/mol.